The van der Waals surface area contributed by atoms with Crippen molar-refractivity contribution in [2.45, 2.75) is 23.3 Å². The molecule has 0 saturated heterocycles. The molecule has 0 N–H and O–H groups in total. The molecule has 0 radical (unpaired) electrons. The molecule has 3 atom stereocenters. The molecule has 0 heterocycles. The van der Waals surface area contributed by atoms with E-state index in [9.17, 15) is 28.1 Å². The number of carbonyl (C=O) groups is 2. The molecule has 0 aliphatic heterocycles. The SMILES string of the molecule is CON=CC(OC(=O)c1ccccc1)C(F)C(COC(=O)c1ccccc1)OS(=O)(=O)c1ccc([N+](=O)[O-])cc1. The number of non-ortho nitro benzene ring substituents is 1. The first-order valence-corrected chi connectivity index (χ1v) is 12.9. The number of hydrogen-bond acceptors (Lipinski definition) is 11. The molecule has 0 amide bonds. The molecule has 3 aromatic carbocycles. The van der Waals surface area contributed by atoms with Crippen molar-refractivity contribution in [2.75, 3.05) is 13.7 Å². The first-order chi connectivity index (χ1) is 19.1. The predicted octanol–water partition coefficient (Wildman–Crippen LogP) is 3.72. The molecule has 210 valence electrons. The van der Waals surface area contributed by atoms with Crippen LogP contribution in [0.2, 0.25) is 0 Å². The van der Waals surface area contributed by atoms with Gasteiger partial charge >= 0.3 is 11.9 Å². The summed E-state index contributed by atoms with van der Waals surface area (Å²) in [5.74, 6) is -1.87. The number of ether oxygens (including phenoxy) is 2. The Kier molecular flexibility index (Phi) is 10.4. The molecule has 0 aliphatic rings. The fourth-order valence-electron chi connectivity index (χ4n) is 3.22. The standard InChI is InChI=1S/C26H23FN2O10S/c1-36-28-16-22(38-26(31)19-10-6-3-7-11-19)24(27)23(17-37-25(30)18-8-4-2-5-9-18)39-40(34,35)21-14-12-20(13-15-21)29(32)33/h2-16,22-24H,17H2,1H3. The van der Waals surface area contributed by atoms with Crippen LogP contribution >= 0.6 is 0 Å². The summed E-state index contributed by atoms with van der Waals surface area (Å²) in [4.78, 5) is 39.3. The summed E-state index contributed by atoms with van der Waals surface area (Å²) in [5.41, 5.74) is -0.223. The van der Waals surface area contributed by atoms with Gasteiger partial charge in [0.05, 0.1) is 27.2 Å². The van der Waals surface area contributed by atoms with Gasteiger partial charge in [-0.05, 0) is 36.4 Å². The van der Waals surface area contributed by atoms with Gasteiger partial charge in [0.15, 0.2) is 12.3 Å². The molecule has 12 nitrogen and oxygen atoms in total. The van der Waals surface area contributed by atoms with E-state index in [2.05, 4.69) is 9.99 Å². The molecule has 14 heteroatoms. The Morgan fingerprint density at radius 1 is 0.950 bits per heavy atom. The van der Waals surface area contributed by atoms with E-state index in [1.807, 2.05) is 0 Å². The van der Waals surface area contributed by atoms with E-state index in [-0.39, 0.29) is 16.8 Å². The lowest BCUT2D eigenvalue weighted by molar-refractivity contribution is -0.384. The summed E-state index contributed by atoms with van der Waals surface area (Å²) >= 11 is 0. The van der Waals surface area contributed by atoms with Crippen LogP contribution in [0, 0.1) is 10.1 Å². The Hall–Kier alpha value is -4.69. The van der Waals surface area contributed by atoms with Gasteiger partial charge in [-0.25, -0.2) is 14.0 Å². The first-order valence-electron chi connectivity index (χ1n) is 11.5. The topological polar surface area (TPSA) is 161 Å². The van der Waals surface area contributed by atoms with Crippen molar-refractivity contribution in [1.29, 1.82) is 0 Å². The van der Waals surface area contributed by atoms with Gasteiger partial charge in [0.1, 0.15) is 19.8 Å². The number of esters is 2. The summed E-state index contributed by atoms with van der Waals surface area (Å²) < 4.78 is 57.2. The number of alkyl halides is 1. The summed E-state index contributed by atoms with van der Waals surface area (Å²) in [7, 11) is -3.62. The predicted molar refractivity (Wildman–Crippen MR) is 138 cm³/mol. The van der Waals surface area contributed by atoms with E-state index in [4.69, 9.17) is 13.7 Å². The summed E-state index contributed by atoms with van der Waals surface area (Å²) in [6, 6.07) is 18.8. The van der Waals surface area contributed by atoms with Crippen LogP contribution < -0.4 is 0 Å². The van der Waals surface area contributed by atoms with Crippen LogP contribution in [0.25, 0.3) is 0 Å². The number of halogens is 1. The van der Waals surface area contributed by atoms with Gasteiger partial charge in [-0.1, -0.05) is 41.6 Å². The number of nitrogens with zero attached hydrogens (tertiary/aromatic N) is 2. The quantitative estimate of drug-likeness (QED) is 0.0967. The van der Waals surface area contributed by atoms with E-state index in [0.717, 1.165) is 37.6 Å². The highest BCUT2D eigenvalue weighted by Crippen LogP contribution is 2.23. The molecule has 0 fully saturated rings. The number of rotatable bonds is 13. The molecule has 3 aromatic rings. The molecule has 0 aliphatic carbocycles. The molecule has 0 bridgehead atoms. The second-order valence-electron chi connectivity index (χ2n) is 7.92. The second kappa shape index (κ2) is 13.9. The molecule has 0 saturated carbocycles. The minimum atomic E-state index is -4.76. The zero-order chi connectivity index (χ0) is 29.1. The van der Waals surface area contributed by atoms with Gasteiger partial charge in [0, 0.05) is 12.1 Å². The normalized spacial score (nSPS) is 13.7. The lowest BCUT2D eigenvalue weighted by Crippen LogP contribution is -2.43. The van der Waals surface area contributed by atoms with Crippen LogP contribution in [-0.4, -0.2) is 63.6 Å². The lowest BCUT2D eigenvalue weighted by Gasteiger charge is -2.25. The van der Waals surface area contributed by atoms with Gasteiger partial charge in [0.25, 0.3) is 15.8 Å². The van der Waals surface area contributed by atoms with Crippen molar-refractivity contribution < 1.29 is 45.8 Å². The maximum absolute atomic E-state index is 15.9. The van der Waals surface area contributed by atoms with E-state index < -0.39 is 56.9 Å². The molecule has 0 aromatic heterocycles. The zero-order valence-electron chi connectivity index (χ0n) is 20.9. The number of nitro groups is 1. The third-order valence-electron chi connectivity index (χ3n) is 5.21. The fraction of sp³-hybridized carbons (Fsp3) is 0.192. The molecule has 0 spiro atoms. The summed E-state index contributed by atoms with van der Waals surface area (Å²) in [5, 5.41) is 14.3. The Balaban J connectivity index is 1.89. The fourth-order valence-corrected chi connectivity index (χ4v) is 4.28. The van der Waals surface area contributed by atoms with Crippen LogP contribution in [0.4, 0.5) is 10.1 Å². The van der Waals surface area contributed by atoms with Crippen molar-refractivity contribution >= 4 is 34.0 Å². The maximum Gasteiger partial charge on any atom is 0.338 e. The third-order valence-corrected chi connectivity index (χ3v) is 6.56. The van der Waals surface area contributed by atoms with Crippen LogP contribution in [0.5, 0.6) is 0 Å². The van der Waals surface area contributed by atoms with E-state index in [1.54, 1.807) is 36.4 Å². The molecular weight excluding hydrogens is 551 g/mol. The van der Waals surface area contributed by atoms with Crippen LogP contribution in [-0.2, 0) is 28.6 Å². The van der Waals surface area contributed by atoms with Gasteiger partial charge in [-0.3, -0.25) is 14.3 Å². The van der Waals surface area contributed by atoms with Crippen molar-refractivity contribution in [3.63, 3.8) is 0 Å². The molecule has 3 unspecified atom stereocenters. The zero-order valence-corrected chi connectivity index (χ0v) is 21.7. The van der Waals surface area contributed by atoms with Gasteiger partial charge in [-0.2, -0.15) is 8.42 Å². The Labute approximate surface area is 228 Å². The number of carbonyl (C=O) groups excluding carboxylic acids is 2. The number of hydrogen-bond donors (Lipinski definition) is 0. The van der Waals surface area contributed by atoms with Gasteiger partial charge in [-0.15, -0.1) is 0 Å². The van der Waals surface area contributed by atoms with E-state index in [0.29, 0.717) is 0 Å². The Morgan fingerprint density at radius 2 is 1.50 bits per heavy atom. The third kappa shape index (κ3) is 8.15. The van der Waals surface area contributed by atoms with Crippen molar-refractivity contribution in [3.05, 3.63) is 106 Å². The van der Waals surface area contributed by atoms with Crippen molar-refractivity contribution in [1.82, 2.24) is 0 Å². The van der Waals surface area contributed by atoms with Gasteiger partial charge in [0.2, 0.25) is 0 Å². The van der Waals surface area contributed by atoms with Crippen LogP contribution in [0.15, 0.2) is 95.0 Å². The van der Waals surface area contributed by atoms with Crippen LogP contribution in [0.1, 0.15) is 20.7 Å². The number of oxime groups is 1. The lowest BCUT2D eigenvalue weighted by atomic mass is 10.1. The average molecular weight is 575 g/mol. The first kappa shape index (κ1) is 29.9. The number of benzene rings is 3. The molecular formula is C26H23FN2O10S. The Morgan fingerprint density at radius 3 is 2.02 bits per heavy atom. The smallest absolute Gasteiger partial charge is 0.338 e. The van der Waals surface area contributed by atoms with Gasteiger partial charge < -0.3 is 14.3 Å². The minimum Gasteiger partial charge on any atom is -0.459 e. The molecule has 40 heavy (non-hydrogen) atoms. The monoisotopic (exact) mass is 574 g/mol. The van der Waals surface area contributed by atoms with Crippen LogP contribution in [0.3, 0.4) is 0 Å². The maximum atomic E-state index is 15.9. The van der Waals surface area contributed by atoms with E-state index >= 15 is 4.39 Å². The second-order valence-corrected chi connectivity index (χ2v) is 9.49. The minimum absolute atomic E-state index is 0.0667. The van der Waals surface area contributed by atoms with Crippen molar-refractivity contribution in [2.24, 2.45) is 5.16 Å². The highest BCUT2D eigenvalue weighted by Gasteiger charge is 2.38. The molecule has 3 rings (SSSR count). The average Bonchev–Trinajstić information content (AvgIpc) is 2.97. The van der Waals surface area contributed by atoms with E-state index in [1.165, 1.54) is 24.3 Å². The Bertz CT molecular complexity index is 1440. The highest BCUT2D eigenvalue weighted by molar-refractivity contribution is 7.86. The highest BCUT2D eigenvalue weighted by atomic mass is 32.2. The largest absolute Gasteiger partial charge is 0.459 e. The summed E-state index contributed by atoms with van der Waals surface area (Å²) in [6.45, 7) is -0.929. The van der Waals surface area contributed by atoms with Crippen molar-refractivity contribution in [3.8, 4) is 0 Å². The number of nitro benzene ring substituents is 1. The summed E-state index contributed by atoms with van der Waals surface area (Å²) in [6.07, 6.45) is -5.58.